The number of hydrogen-bond donors (Lipinski definition) is 1. The zero-order valence-corrected chi connectivity index (χ0v) is 28.2. The number of alkyl halides is 2. The van der Waals surface area contributed by atoms with Crippen LogP contribution >= 0.6 is 12.4 Å². The summed E-state index contributed by atoms with van der Waals surface area (Å²) in [6.07, 6.45) is 3.81. The van der Waals surface area contributed by atoms with E-state index in [0.717, 1.165) is 37.3 Å². The summed E-state index contributed by atoms with van der Waals surface area (Å²) in [4.78, 5) is 39.1. The van der Waals surface area contributed by atoms with Crippen molar-refractivity contribution < 1.29 is 32.2 Å². The van der Waals surface area contributed by atoms with Gasteiger partial charge in [-0.25, -0.2) is 8.78 Å². The number of nitrogens with one attached hydrogen (secondary N) is 1. The van der Waals surface area contributed by atoms with Crippen molar-refractivity contribution in [2.45, 2.75) is 135 Å². The van der Waals surface area contributed by atoms with E-state index in [4.69, 9.17) is 9.05 Å². The van der Waals surface area contributed by atoms with Gasteiger partial charge in [0, 0.05) is 48.3 Å². The van der Waals surface area contributed by atoms with Crippen molar-refractivity contribution in [3.63, 3.8) is 0 Å². The molecule has 2 aromatic rings. The number of aromatic nitrogens is 2. The van der Waals surface area contributed by atoms with E-state index < -0.39 is 17.9 Å². The Morgan fingerprint density at radius 1 is 0.867 bits per heavy atom. The summed E-state index contributed by atoms with van der Waals surface area (Å²) < 4.78 is 37.3. The summed E-state index contributed by atoms with van der Waals surface area (Å²) in [7, 11) is 0. The molecule has 0 spiro atoms. The zero-order chi connectivity index (χ0) is 32.3. The van der Waals surface area contributed by atoms with E-state index >= 15 is 0 Å². The zero-order valence-electron chi connectivity index (χ0n) is 27.4. The molecule has 3 aliphatic rings. The Hall–Kier alpha value is -2.66. The van der Waals surface area contributed by atoms with Gasteiger partial charge >= 0.3 is 0 Å². The molecule has 2 aromatic heterocycles. The molecule has 252 valence electrons. The van der Waals surface area contributed by atoms with Gasteiger partial charge in [-0.2, -0.15) is 0 Å². The Morgan fingerprint density at radius 2 is 1.40 bits per heavy atom. The van der Waals surface area contributed by atoms with Crippen LogP contribution in [0.4, 0.5) is 8.78 Å². The fraction of sp³-hybridized carbons (Fsp3) is 0.727. The lowest BCUT2D eigenvalue weighted by atomic mass is 9.85. The second-order valence-corrected chi connectivity index (χ2v) is 14.6. The van der Waals surface area contributed by atoms with Crippen LogP contribution < -0.4 is 5.32 Å². The highest BCUT2D eigenvalue weighted by Gasteiger charge is 2.42. The molecule has 2 atom stereocenters. The largest absolute Gasteiger partial charge is 0.361 e. The van der Waals surface area contributed by atoms with Crippen LogP contribution in [0.25, 0.3) is 0 Å². The Bertz CT molecular complexity index is 1300. The summed E-state index contributed by atoms with van der Waals surface area (Å²) in [5, 5.41) is 11.2. The number of carbonyl (C=O) groups excluding carboxylic acids is 3. The first kappa shape index (κ1) is 36.8. The first-order valence-corrected chi connectivity index (χ1v) is 15.9. The maximum atomic E-state index is 13.4. The van der Waals surface area contributed by atoms with Gasteiger partial charge in [-0.05, 0) is 45.1 Å². The fourth-order valence-corrected chi connectivity index (χ4v) is 5.94. The minimum Gasteiger partial charge on any atom is -0.361 e. The average Bonchev–Trinajstić information content (AvgIpc) is 3.74. The lowest BCUT2D eigenvalue weighted by molar-refractivity contribution is -0.144. The maximum Gasteiger partial charge on any atom is 0.248 e. The topological polar surface area (TPSA) is 119 Å². The fourth-order valence-electron chi connectivity index (χ4n) is 5.94. The predicted molar refractivity (Wildman–Crippen MR) is 168 cm³/mol. The molecule has 4 heterocycles. The van der Waals surface area contributed by atoms with Crippen molar-refractivity contribution in [3.8, 4) is 0 Å². The quantitative estimate of drug-likeness (QED) is 0.377. The molecule has 45 heavy (non-hydrogen) atoms. The van der Waals surface area contributed by atoms with E-state index in [0.29, 0.717) is 30.8 Å². The number of likely N-dealkylation sites (tertiary alicyclic amines) is 1. The van der Waals surface area contributed by atoms with Crippen LogP contribution in [0.1, 0.15) is 116 Å². The Labute approximate surface area is 271 Å². The second kappa shape index (κ2) is 14.8. The Kier molecular flexibility index (Phi) is 12.1. The molecule has 9 nitrogen and oxygen atoms in total. The standard InChI is InChI=1S/C20H28F2N2O3.C13H20N2O2.ClH/c1-19(2,3)17-12-14(23-27-17)11-16(25)15-5-4-10-24(15)18(26)13-6-8-20(21,22)9-7-13;1-13(2,3)12-8-9(15-17-12)7-11(16)10-5-4-6-14-10;/h12-13,15H,4-11H2,1-3H3;8,10,14H,4-7H2,1-3H3;1H/t15-;10-;/m00./s1. The first-order valence-electron chi connectivity index (χ1n) is 15.9. The van der Waals surface area contributed by atoms with E-state index in [1.807, 2.05) is 26.8 Å². The lowest BCUT2D eigenvalue weighted by Gasteiger charge is -2.32. The summed E-state index contributed by atoms with van der Waals surface area (Å²) in [5.74, 6) is -1.48. The number of Topliss-reactive ketones (excluding diaryl/α,β-unsaturated/α-hetero) is 2. The summed E-state index contributed by atoms with van der Waals surface area (Å²) in [6.45, 7) is 13.7. The van der Waals surface area contributed by atoms with E-state index in [1.165, 1.54) is 0 Å². The number of amides is 1. The number of rotatable bonds is 7. The molecule has 1 N–H and O–H groups in total. The van der Waals surface area contributed by atoms with Crippen LogP contribution in [-0.2, 0) is 38.1 Å². The van der Waals surface area contributed by atoms with Crippen LogP contribution in [0.15, 0.2) is 21.2 Å². The van der Waals surface area contributed by atoms with Crippen molar-refractivity contribution in [2.24, 2.45) is 5.92 Å². The average molecular weight is 655 g/mol. The van der Waals surface area contributed by atoms with Crippen LogP contribution in [-0.4, -0.2) is 63.8 Å². The molecule has 0 bridgehead atoms. The van der Waals surface area contributed by atoms with Crippen molar-refractivity contribution in [3.05, 3.63) is 35.0 Å². The molecule has 0 radical (unpaired) electrons. The minimum atomic E-state index is -2.66. The molecule has 3 fully saturated rings. The Morgan fingerprint density at radius 3 is 1.87 bits per heavy atom. The molecule has 1 aliphatic carbocycles. The highest BCUT2D eigenvalue weighted by molar-refractivity contribution is 5.91. The van der Waals surface area contributed by atoms with Gasteiger partial charge in [-0.3, -0.25) is 14.4 Å². The third-order valence-corrected chi connectivity index (χ3v) is 8.73. The molecule has 1 amide bonds. The summed E-state index contributed by atoms with van der Waals surface area (Å²) in [6, 6.07) is 3.23. The van der Waals surface area contributed by atoms with Gasteiger partial charge < -0.3 is 19.3 Å². The van der Waals surface area contributed by atoms with Gasteiger partial charge in [0.25, 0.3) is 0 Å². The van der Waals surface area contributed by atoms with Crippen LogP contribution in [0.2, 0.25) is 0 Å². The van der Waals surface area contributed by atoms with Crippen molar-refractivity contribution >= 4 is 29.9 Å². The molecule has 0 unspecified atom stereocenters. The van der Waals surface area contributed by atoms with Gasteiger partial charge in [0.1, 0.15) is 11.5 Å². The summed E-state index contributed by atoms with van der Waals surface area (Å²) in [5.41, 5.74) is 1.07. The third-order valence-electron chi connectivity index (χ3n) is 8.73. The summed E-state index contributed by atoms with van der Waals surface area (Å²) >= 11 is 0. The SMILES string of the molecule is CC(C)(C)c1cc(CC(=O)[C@@H]2CCCN2)no1.CC(C)(C)c1cc(CC(=O)[C@@H]2CCCN2C(=O)C2CCC(F)(F)CC2)no1.Cl. The highest BCUT2D eigenvalue weighted by Crippen LogP contribution is 2.38. The molecule has 12 heteroatoms. The van der Waals surface area contributed by atoms with Gasteiger partial charge in [-0.15, -0.1) is 12.4 Å². The molecule has 1 saturated carbocycles. The van der Waals surface area contributed by atoms with Crippen molar-refractivity contribution in [1.29, 1.82) is 0 Å². The number of halogens is 3. The van der Waals surface area contributed by atoms with Gasteiger partial charge in [0.15, 0.2) is 11.6 Å². The molecule has 5 rings (SSSR count). The Balaban J connectivity index is 0.000000265. The van der Waals surface area contributed by atoms with E-state index in [1.54, 1.807) is 11.0 Å². The third kappa shape index (κ3) is 9.91. The molecular weight excluding hydrogens is 606 g/mol. The van der Waals surface area contributed by atoms with Crippen LogP contribution in [0.5, 0.6) is 0 Å². The molecule has 0 aromatic carbocycles. The lowest BCUT2D eigenvalue weighted by Crippen LogP contribution is -2.45. The highest BCUT2D eigenvalue weighted by atomic mass is 35.5. The van der Waals surface area contributed by atoms with Crippen LogP contribution in [0, 0.1) is 5.92 Å². The normalized spacial score (nSPS) is 22.0. The van der Waals surface area contributed by atoms with Crippen LogP contribution in [0.3, 0.4) is 0 Å². The second-order valence-electron chi connectivity index (χ2n) is 14.6. The number of carbonyl (C=O) groups is 3. The number of nitrogens with zero attached hydrogens (tertiary/aromatic N) is 3. The number of hydrogen-bond acceptors (Lipinski definition) is 8. The maximum absolute atomic E-state index is 13.4. The van der Waals surface area contributed by atoms with Crippen molar-refractivity contribution in [1.82, 2.24) is 20.5 Å². The van der Waals surface area contributed by atoms with E-state index in [2.05, 4.69) is 36.4 Å². The van der Waals surface area contributed by atoms with E-state index in [-0.39, 0.29) is 78.9 Å². The van der Waals surface area contributed by atoms with Gasteiger partial charge in [0.05, 0.1) is 36.3 Å². The predicted octanol–water partition coefficient (Wildman–Crippen LogP) is 6.16. The van der Waals surface area contributed by atoms with Gasteiger partial charge in [-0.1, -0.05) is 51.9 Å². The minimum absolute atomic E-state index is 0. The smallest absolute Gasteiger partial charge is 0.248 e. The molecule has 2 aliphatic heterocycles. The van der Waals surface area contributed by atoms with Crippen molar-refractivity contribution in [2.75, 3.05) is 13.1 Å². The first-order chi connectivity index (χ1) is 20.5. The molecule has 2 saturated heterocycles. The van der Waals surface area contributed by atoms with E-state index in [9.17, 15) is 23.2 Å². The van der Waals surface area contributed by atoms with Gasteiger partial charge in [0.2, 0.25) is 11.8 Å². The number of ketones is 2. The monoisotopic (exact) mass is 654 g/mol. The molecular formula is C33H49ClF2N4O5.